The SMILES string of the molecule is CCNc1cc(C(=O)N(C)CC(C)C)c(Cl)cn1. The summed E-state index contributed by atoms with van der Waals surface area (Å²) >= 11 is 6.03. The van der Waals surface area contributed by atoms with Gasteiger partial charge in [-0.15, -0.1) is 0 Å². The van der Waals surface area contributed by atoms with Crippen LogP contribution >= 0.6 is 11.6 Å². The number of halogens is 1. The topological polar surface area (TPSA) is 45.2 Å². The van der Waals surface area contributed by atoms with E-state index >= 15 is 0 Å². The molecule has 1 rings (SSSR count). The van der Waals surface area contributed by atoms with Crippen LogP contribution in [0.4, 0.5) is 5.82 Å². The van der Waals surface area contributed by atoms with Gasteiger partial charge in [-0.2, -0.15) is 0 Å². The number of hydrogen-bond acceptors (Lipinski definition) is 3. The highest BCUT2D eigenvalue weighted by atomic mass is 35.5. The Balaban J connectivity index is 2.93. The lowest BCUT2D eigenvalue weighted by Gasteiger charge is -2.20. The minimum Gasteiger partial charge on any atom is -0.370 e. The molecule has 1 aromatic heterocycles. The van der Waals surface area contributed by atoms with Crippen molar-refractivity contribution in [2.24, 2.45) is 5.92 Å². The van der Waals surface area contributed by atoms with Crippen molar-refractivity contribution in [1.29, 1.82) is 0 Å². The van der Waals surface area contributed by atoms with Crippen molar-refractivity contribution in [3.05, 3.63) is 22.8 Å². The van der Waals surface area contributed by atoms with Gasteiger partial charge in [0.25, 0.3) is 5.91 Å². The lowest BCUT2D eigenvalue weighted by molar-refractivity contribution is 0.0779. The molecule has 0 bridgehead atoms. The largest absolute Gasteiger partial charge is 0.370 e. The van der Waals surface area contributed by atoms with Crippen molar-refractivity contribution in [1.82, 2.24) is 9.88 Å². The summed E-state index contributed by atoms with van der Waals surface area (Å²) in [5, 5.41) is 3.46. The second-order valence-electron chi connectivity index (χ2n) is 4.66. The third-order valence-corrected chi connectivity index (χ3v) is 2.73. The summed E-state index contributed by atoms with van der Waals surface area (Å²) in [5.74, 6) is 1.02. The fourth-order valence-corrected chi connectivity index (χ4v) is 1.90. The van der Waals surface area contributed by atoms with E-state index in [1.807, 2.05) is 6.92 Å². The highest BCUT2D eigenvalue weighted by Gasteiger charge is 2.17. The Morgan fingerprint density at radius 3 is 2.78 bits per heavy atom. The van der Waals surface area contributed by atoms with E-state index in [0.29, 0.717) is 28.9 Å². The lowest BCUT2D eigenvalue weighted by Crippen LogP contribution is -2.30. The van der Waals surface area contributed by atoms with Crippen LogP contribution in [-0.4, -0.2) is 35.9 Å². The van der Waals surface area contributed by atoms with Gasteiger partial charge in [0.15, 0.2) is 0 Å². The van der Waals surface area contributed by atoms with Crippen LogP contribution in [0.25, 0.3) is 0 Å². The second-order valence-corrected chi connectivity index (χ2v) is 5.07. The van der Waals surface area contributed by atoms with Crippen molar-refractivity contribution in [2.75, 3.05) is 25.5 Å². The minimum atomic E-state index is -0.0738. The molecule has 1 aromatic rings. The second kappa shape index (κ2) is 6.59. The van der Waals surface area contributed by atoms with E-state index in [-0.39, 0.29) is 5.91 Å². The molecule has 0 aliphatic rings. The van der Waals surface area contributed by atoms with Crippen LogP contribution in [0.2, 0.25) is 5.02 Å². The molecule has 100 valence electrons. The number of carbonyl (C=O) groups excluding carboxylic acids is 1. The molecule has 0 saturated carbocycles. The van der Waals surface area contributed by atoms with Crippen molar-refractivity contribution in [3.63, 3.8) is 0 Å². The third-order valence-electron chi connectivity index (χ3n) is 2.43. The van der Waals surface area contributed by atoms with Crippen LogP contribution in [0.15, 0.2) is 12.3 Å². The van der Waals surface area contributed by atoms with Gasteiger partial charge in [-0.05, 0) is 18.9 Å². The number of anilines is 1. The molecule has 0 unspecified atom stereocenters. The number of nitrogens with one attached hydrogen (secondary N) is 1. The van der Waals surface area contributed by atoms with E-state index in [9.17, 15) is 4.79 Å². The average molecular weight is 270 g/mol. The molecule has 0 radical (unpaired) electrons. The molecule has 0 aliphatic carbocycles. The monoisotopic (exact) mass is 269 g/mol. The van der Waals surface area contributed by atoms with E-state index in [4.69, 9.17) is 11.6 Å². The molecule has 0 atom stereocenters. The van der Waals surface area contributed by atoms with Crippen LogP contribution in [0.3, 0.4) is 0 Å². The number of carbonyl (C=O) groups is 1. The van der Waals surface area contributed by atoms with E-state index < -0.39 is 0 Å². The Morgan fingerprint density at radius 2 is 2.22 bits per heavy atom. The Labute approximate surface area is 113 Å². The molecule has 5 heteroatoms. The number of rotatable bonds is 5. The molecule has 0 spiro atoms. The van der Waals surface area contributed by atoms with Crippen LogP contribution in [0.5, 0.6) is 0 Å². The summed E-state index contributed by atoms with van der Waals surface area (Å²) in [5.41, 5.74) is 0.491. The average Bonchev–Trinajstić information content (AvgIpc) is 2.30. The molecule has 0 aromatic carbocycles. The van der Waals surface area contributed by atoms with Crippen LogP contribution < -0.4 is 5.32 Å². The maximum Gasteiger partial charge on any atom is 0.255 e. The maximum absolute atomic E-state index is 12.2. The van der Waals surface area contributed by atoms with Crippen molar-refractivity contribution < 1.29 is 4.79 Å². The Morgan fingerprint density at radius 1 is 1.56 bits per heavy atom. The van der Waals surface area contributed by atoms with Crippen LogP contribution in [-0.2, 0) is 0 Å². The summed E-state index contributed by atoms with van der Waals surface area (Å²) in [4.78, 5) is 18.0. The summed E-state index contributed by atoms with van der Waals surface area (Å²) in [6, 6.07) is 1.70. The normalized spacial score (nSPS) is 10.6. The van der Waals surface area contributed by atoms with Crippen molar-refractivity contribution in [3.8, 4) is 0 Å². The zero-order chi connectivity index (χ0) is 13.7. The van der Waals surface area contributed by atoms with E-state index in [0.717, 1.165) is 6.54 Å². The van der Waals surface area contributed by atoms with Crippen molar-refractivity contribution in [2.45, 2.75) is 20.8 Å². The number of pyridine rings is 1. The maximum atomic E-state index is 12.2. The molecular formula is C13H20ClN3O. The molecule has 0 aliphatic heterocycles. The zero-order valence-electron chi connectivity index (χ0n) is 11.3. The third kappa shape index (κ3) is 3.88. The van der Waals surface area contributed by atoms with Gasteiger partial charge in [-0.25, -0.2) is 4.98 Å². The molecule has 1 heterocycles. The van der Waals surface area contributed by atoms with E-state index in [1.165, 1.54) is 6.20 Å². The fourth-order valence-electron chi connectivity index (χ4n) is 1.72. The smallest absolute Gasteiger partial charge is 0.255 e. The van der Waals surface area contributed by atoms with Crippen LogP contribution in [0.1, 0.15) is 31.1 Å². The Hall–Kier alpha value is -1.29. The quantitative estimate of drug-likeness (QED) is 0.894. The fraction of sp³-hybridized carbons (Fsp3) is 0.538. The number of nitrogens with zero attached hydrogens (tertiary/aromatic N) is 2. The number of hydrogen-bond donors (Lipinski definition) is 1. The van der Waals surface area contributed by atoms with Gasteiger partial charge in [0.05, 0.1) is 10.6 Å². The highest BCUT2D eigenvalue weighted by Crippen LogP contribution is 2.19. The predicted molar refractivity (Wildman–Crippen MR) is 75.2 cm³/mol. The molecule has 0 saturated heterocycles. The first-order valence-corrected chi connectivity index (χ1v) is 6.48. The first-order chi connectivity index (χ1) is 8.45. The summed E-state index contributed by atoms with van der Waals surface area (Å²) in [7, 11) is 1.78. The number of amides is 1. The molecule has 0 fully saturated rings. The summed E-state index contributed by atoms with van der Waals surface area (Å²) < 4.78 is 0. The molecular weight excluding hydrogens is 250 g/mol. The summed E-state index contributed by atoms with van der Waals surface area (Å²) in [6.45, 7) is 7.57. The number of aromatic nitrogens is 1. The predicted octanol–water partition coefficient (Wildman–Crippen LogP) is 2.89. The lowest BCUT2D eigenvalue weighted by atomic mass is 10.2. The van der Waals surface area contributed by atoms with Gasteiger partial charge < -0.3 is 10.2 Å². The minimum absolute atomic E-state index is 0.0738. The molecule has 4 nitrogen and oxygen atoms in total. The van der Waals surface area contributed by atoms with Gasteiger partial charge in [0.1, 0.15) is 5.82 Å². The van der Waals surface area contributed by atoms with Gasteiger partial charge in [-0.3, -0.25) is 4.79 Å². The zero-order valence-corrected chi connectivity index (χ0v) is 12.1. The Kier molecular flexibility index (Phi) is 5.41. The first kappa shape index (κ1) is 14.8. The van der Waals surface area contributed by atoms with E-state index in [1.54, 1.807) is 18.0 Å². The van der Waals surface area contributed by atoms with E-state index in [2.05, 4.69) is 24.1 Å². The van der Waals surface area contributed by atoms with Gasteiger partial charge >= 0.3 is 0 Å². The standard InChI is InChI=1S/C13H20ClN3O/c1-5-15-12-6-10(11(14)7-16-12)13(18)17(4)8-9(2)3/h6-7,9H,5,8H2,1-4H3,(H,15,16). The molecule has 1 amide bonds. The van der Waals surface area contributed by atoms with Crippen molar-refractivity contribution >= 4 is 23.3 Å². The van der Waals surface area contributed by atoms with Gasteiger partial charge in [0, 0.05) is 26.3 Å². The molecule has 18 heavy (non-hydrogen) atoms. The van der Waals surface area contributed by atoms with Gasteiger partial charge in [0.2, 0.25) is 0 Å². The first-order valence-electron chi connectivity index (χ1n) is 6.10. The Bertz CT molecular complexity index is 421. The van der Waals surface area contributed by atoms with Gasteiger partial charge in [-0.1, -0.05) is 25.4 Å². The van der Waals surface area contributed by atoms with Crippen LogP contribution in [0, 0.1) is 5.92 Å². The molecule has 1 N–H and O–H groups in total. The summed E-state index contributed by atoms with van der Waals surface area (Å²) in [6.07, 6.45) is 1.51. The highest BCUT2D eigenvalue weighted by molar-refractivity contribution is 6.33.